The fraction of sp³-hybridized carbons (Fsp3) is 0.0714. The van der Waals surface area contributed by atoms with Crippen LogP contribution in [-0.2, 0) is 6.54 Å². The number of carbonyl (C=O) groups excluding carboxylic acids is 1. The number of nitrogens with one attached hydrogen (secondary N) is 1. The van der Waals surface area contributed by atoms with Gasteiger partial charge in [0.2, 0.25) is 0 Å². The predicted molar refractivity (Wildman–Crippen MR) is 79.6 cm³/mol. The summed E-state index contributed by atoms with van der Waals surface area (Å²) < 4.78 is 1.47. The van der Waals surface area contributed by atoms with Crippen molar-refractivity contribution in [3.05, 3.63) is 65.5 Å². The first-order valence-corrected chi connectivity index (χ1v) is 6.82. The van der Waals surface area contributed by atoms with Gasteiger partial charge >= 0.3 is 0 Å². The molecule has 0 saturated heterocycles. The van der Waals surface area contributed by atoms with Gasteiger partial charge in [-0.3, -0.25) is 4.79 Å². The Hall–Kier alpha value is -2.80. The van der Waals surface area contributed by atoms with E-state index < -0.39 is 0 Å². The van der Waals surface area contributed by atoms with Crippen molar-refractivity contribution in [3.63, 3.8) is 0 Å². The highest BCUT2D eigenvalue weighted by molar-refractivity contribution is 6.30. The Labute approximate surface area is 131 Å². The van der Waals surface area contributed by atoms with Crippen LogP contribution in [0, 0.1) is 0 Å². The van der Waals surface area contributed by atoms with Gasteiger partial charge in [0.25, 0.3) is 11.9 Å². The van der Waals surface area contributed by atoms with Crippen LogP contribution in [0.1, 0.15) is 16.2 Å². The Balaban J connectivity index is 1.73. The summed E-state index contributed by atoms with van der Waals surface area (Å²) in [6.07, 6.45) is 4.61. The van der Waals surface area contributed by atoms with Crippen molar-refractivity contribution in [2.45, 2.75) is 6.54 Å². The summed E-state index contributed by atoms with van der Waals surface area (Å²) in [5, 5.41) is 7.33. The zero-order chi connectivity index (χ0) is 15.4. The summed E-state index contributed by atoms with van der Waals surface area (Å²) in [6.45, 7) is 0.198. The summed E-state index contributed by atoms with van der Waals surface area (Å²) in [7, 11) is 0. The summed E-state index contributed by atoms with van der Waals surface area (Å²) >= 11 is 5.87. The van der Waals surface area contributed by atoms with E-state index in [1.54, 1.807) is 42.7 Å². The molecule has 0 aliphatic rings. The van der Waals surface area contributed by atoms with E-state index in [4.69, 9.17) is 11.6 Å². The van der Waals surface area contributed by atoms with Crippen molar-refractivity contribution < 1.29 is 4.79 Å². The van der Waals surface area contributed by atoms with Gasteiger partial charge in [-0.15, -0.1) is 0 Å². The number of benzene rings is 1. The fourth-order valence-corrected chi connectivity index (χ4v) is 2.04. The third kappa shape index (κ3) is 3.09. The largest absolute Gasteiger partial charge is 0.345 e. The van der Waals surface area contributed by atoms with Crippen LogP contribution in [0.15, 0.2) is 49.1 Å². The Kier molecular flexibility index (Phi) is 4.06. The molecule has 0 atom stereocenters. The lowest BCUT2D eigenvalue weighted by molar-refractivity contribution is 0.0949. The van der Waals surface area contributed by atoms with Crippen LogP contribution >= 0.6 is 11.6 Å². The van der Waals surface area contributed by atoms with Crippen molar-refractivity contribution in [2.24, 2.45) is 0 Å². The number of nitrogens with zero attached hydrogens (tertiary/aromatic N) is 5. The second kappa shape index (κ2) is 6.31. The van der Waals surface area contributed by atoms with Crippen LogP contribution in [-0.4, -0.2) is 30.6 Å². The van der Waals surface area contributed by atoms with E-state index in [2.05, 4.69) is 25.4 Å². The van der Waals surface area contributed by atoms with Gasteiger partial charge in [0.15, 0.2) is 5.82 Å². The molecular formula is C14H11ClN6O. The molecule has 0 unspecified atom stereocenters. The second-order valence-corrected chi connectivity index (χ2v) is 4.77. The van der Waals surface area contributed by atoms with E-state index in [0.717, 1.165) is 0 Å². The van der Waals surface area contributed by atoms with Crippen LogP contribution in [0.25, 0.3) is 5.95 Å². The third-order valence-electron chi connectivity index (χ3n) is 2.85. The van der Waals surface area contributed by atoms with Gasteiger partial charge < -0.3 is 5.32 Å². The first-order valence-electron chi connectivity index (χ1n) is 6.44. The molecule has 1 N–H and O–H groups in total. The summed E-state index contributed by atoms with van der Waals surface area (Å²) in [4.78, 5) is 24.4. The maximum atomic E-state index is 12.1. The van der Waals surface area contributed by atoms with Gasteiger partial charge in [0.05, 0.1) is 6.54 Å². The number of hydrogen-bond acceptors (Lipinski definition) is 5. The minimum absolute atomic E-state index is 0.198. The van der Waals surface area contributed by atoms with E-state index in [-0.39, 0.29) is 12.5 Å². The highest BCUT2D eigenvalue weighted by atomic mass is 35.5. The quantitative estimate of drug-likeness (QED) is 0.791. The highest BCUT2D eigenvalue weighted by Crippen LogP contribution is 2.10. The van der Waals surface area contributed by atoms with Crippen LogP contribution in [0.3, 0.4) is 0 Å². The van der Waals surface area contributed by atoms with Crippen LogP contribution in [0.2, 0.25) is 5.02 Å². The van der Waals surface area contributed by atoms with Gasteiger partial charge in [-0.1, -0.05) is 17.7 Å². The van der Waals surface area contributed by atoms with E-state index >= 15 is 0 Å². The second-order valence-electron chi connectivity index (χ2n) is 4.33. The SMILES string of the molecule is O=C(NCc1ncnn1-c1ncccn1)c1cccc(Cl)c1. The molecule has 3 rings (SSSR count). The molecule has 1 amide bonds. The summed E-state index contributed by atoms with van der Waals surface area (Å²) in [5.41, 5.74) is 0.481. The summed E-state index contributed by atoms with van der Waals surface area (Å²) in [6, 6.07) is 8.43. The molecule has 7 nitrogen and oxygen atoms in total. The highest BCUT2D eigenvalue weighted by Gasteiger charge is 2.11. The van der Waals surface area contributed by atoms with Gasteiger partial charge in [-0.05, 0) is 24.3 Å². The van der Waals surface area contributed by atoms with E-state index in [9.17, 15) is 4.79 Å². The van der Waals surface area contributed by atoms with Crippen LogP contribution in [0.5, 0.6) is 0 Å². The molecule has 8 heteroatoms. The molecule has 0 aliphatic heterocycles. The third-order valence-corrected chi connectivity index (χ3v) is 3.09. The van der Waals surface area contributed by atoms with Crippen molar-refractivity contribution in [3.8, 4) is 5.95 Å². The topological polar surface area (TPSA) is 85.6 Å². The smallest absolute Gasteiger partial charge is 0.252 e. The molecule has 110 valence electrons. The van der Waals surface area contributed by atoms with Crippen molar-refractivity contribution in [1.82, 2.24) is 30.0 Å². The van der Waals surface area contributed by atoms with Crippen molar-refractivity contribution >= 4 is 17.5 Å². The van der Waals surface area contributed by atoms with Gasteiger partial charge in [0, 0.05) is 23.0 Å². The minimum Gasteiger partial charge on any atom is -0.345 e. The molecule has 3 aromatic rings. The molecule has 0 radical (unpaired) electrons. The standard InChI is InChI=1S/C14H11ClN6O/c15-11-4-1-3-10(7-11)13(22)18-8-12-19-9-20-21(12)14-16-5-2-6-17-14/h1-7,9H,8H2,(H,18,22). The normalized spacial score (nSPS) is 10.4. The first kappa shape index (κ1) is 14.2. The predicted octanol–water partition coefficient (Wildman–Crippen LogP) is 1.64. The lowest BCUT2D eigenvalue weighted by Gasteiger charge is -2.06. The van der Waals surface area contributed by atoms with Crippen LogP contribution in [0.4, 0.5) is 0 Å². The van der Waals surface area contributed by atoms with Crippen LogP contribution < -0.4 is 5.32 Å². The Morgan fingerprint density at radius 2 is 2.00 bits per heavy atom. The van der Waals surface area contributed by atoms with Gasteiger partial charge in [-0.25, -0.2) is 15.0 Å². The first-order chi connectivity index (χ1) is 10.7. The lowest BCUT2D eigenvalue weighted by Crippen LogP contribution is -2.25. The monoisotopic (exact) mass is 314 g/mol. The molecule has 1 aromatic carbocycles. The van der Waals surface area contributed by atoms with E-state index in [0.29, 0.717) is 22.4 Å². The fourth-order valence-electron chi connectivity index (χ4n) is 1.84. The number of amides is 1. The molecule has 2 heterocycles. The number of halogens is 1. The van der Waals surface area contributed by atoms with Crippen molar-refractivity contribution in [2.75, 3.05) is 0 Å². The average Bonchev–Trinajstić information content (AvgIpc) is 3.02. The number of carbonyl (C=O) groups is 1. The lowest BCUT2D eigenvalue weighted by atomic mass is 10.2. The molecule has 0 bridgehead atoms. The molecule has 2 aromatic heterocycles. The number of rotatable bonds is 4. The van der Waals surface area contributed by atoms with Gasteiger partial charge in [-0.2, -0.15) is 9.78 Å². The zero-order valence-corrected chi connectivity index (χ0v) is 12.1. The molecule has 0 saturated carbocycles. The summed E-state index contributed by atoms with van der Waals surface area (Å²) in [5.74, 6) is 0.680. The molecule has 0 aliphatic carbocycles. The van der Waals surface area contributed by atoms with Gasteiger partial charge in [0.1, 0.15) is 6.33 Å². The zero-order valence-electron chi connectivity index (χ0n) is 11.3. The van der Waals surface area contributed by atoms with E-state index in [1.165, 1.54) is 11.0 Å². The molecule has 0 fully saturated rings. The molecule has 22 heavy (non-hydrogen) atoms. The maximum absolute atomic E-state index is 12.1. The minimum atomic E-state index is -0.244. The maximum Gasteiger partial charge on any atom is 0.252 e. The van der Waals surface area contributed by atoms with Crippen molar-refractivity contribution in [1.29, 1.82) is 0 Å². The Morgan fingerprint density at radius 1 is 1.18 bits per heavy atom. The average molecular weight is 315 g/mol. The Bertz CT molecular complexity index is 789. The molecular weight excluding hydrogens is 304 g/mol. The number of hydrogen-bond donors (Lipinski definition) is 1. The Morgan fingerprint density at radius 3 is 2.77 bits per heavy atom. The van der Waals surface area contributed by atoms with E-state index in [1.807, 2.05) is 0 Å². The molecule has 0 spiro atoms. The number of aromatic nitrogens is 5.